The molecule has 21 heavy (non-hydrogen) atoms. The third-order valence-corrected chi connectivity index (χ3v) is 3.23. The van der Waals surface area contributed by atoms with Gasteiger partial charge in [0.25, 0.3) is 0 Å². The highest BCUT2D eigenvalue weighted by atomic mass is 19.4. The molecule has 0 fully saturated rings. The maximum Gasteiger partial charge on any atom is 0.416 e. The van der Waals surface area contributed by atoms with Gasteiger partial charge in [-0.25, -0.2) is 0 Å². The lowest BCUT2D eigenvalue weighted by atomic mass is 10.1. The van der Waals surface area contributed by atoms with Crippen molar-refractivity contribution < 1.29 is 13.2 Å². The molecular formula is C17H12F3N. The van der Waals surface area contributed by atoms with Gasteiger partial charge in [-0.15, -0.1) is 0 Å². The summed E-state index contributed by atoms with van der Waals surface area (Å²) < 4.78 is 38.1. The second-order valence-electron chi connectivity index (χ2n) is 4.77. The number of hydrogen-bond acceptors (Lipinski definition) is 1. The normalized spacial score (nSPS) is 11.6. The van der Waals surface area contributed by atoms with E-state index < -0.39 is 11.7 Å². The first-order chi connectivity index (χ1) is 10.0. The maximum absolute atomic E-state index is 12.7. The van der Waals surface area contributed by atoms with E-state index >= 15 is 0 Å². The molecule has 1 nitrogen and oxygen atoms in total. The SMILES string of the molecule is FC(F)(F)c1cccc(Nc2ccc3ccccc3c2)c1. The Hall–Kier alpha value is -2.49. The second kappa shape index (κ2) is 5.13. The van der Waals surface area contributed by atoms with Crippen LogP contribution in [0.1, 0.15) is 5.56 Å². The average molecular weight is 287 g/mol. The van der Waals surface area contributed by atoms with E-state index in [0.717, 1.165) is 28.6 Å². The lowest BCUT2D eigenvalue weighted by Crippen LogP contribution is -2.05. The highest BCUT2D eigenvalue weighted by Gasteiger charge is 2.30. The summed E-state index contributed by atoms with van der Waals surface area (Å²) in [5.41, 5.74) is 0.515. The minimum absolute atomic E-state index is 0.417. The van der Waals surface area contributed by atoms with Gasteiger partial charge < -0.3 is 5.32 Å². The van der Waals surface area contributed by atoms with E-state index in [0.29, 0.717) is 5.69 Å². The van der Waals surface area contributed by atoms with Crippen LogP contribution >= 0.6 is 0 Å². The van der Waals surface area contributed by atoms with E-state index in [-0.39, 0.29) is 0 Å². The Morgan fingerprint density at radius 3 is 2.14 bits per heavy atom. The number of hydrogen-bond donors (Lipinski definition) is 1. The zero-order valence-electron chi connectivity index (χ0n) is 11.0. The van der Waals surface area contributed by atoms with E-state index in [9.17, 15) is 13.2 Å². The van der Waals surface area contributed by atoms with Crippen LogP contribution in [0.15, 0.2) is 66.7 Å². The molecule has 0 amide bonds. The molecule has 0 heterocycles. The molecule has 4 heteroatoms. The van der Waals surface area contributed by atoms with Crippen LogP contribution in [-0.4, -0.2) is 0 Å². The van der Waals surface area contributed by atoms with Crippen molar-refractivity contribution in [3.63, 3.8) is 0 Å². The van der Waals surface area contributed by atoms with Crippen LogP contribution in [0, 0.1) is 0 Å². The third-order valence-electron chi connectivity index (χ3n) is 3.23. The first-order valence-corrected chi connectivity index (χ1v) is 6.45. The van der Waals surface area contributed by atoms with E-state index in [4.69, 9.17) is 0 Å². The molecule has 0 unspecified atom stereocenters. The molecule has 0 aliphatic heterocycles. The number of fused-ring (bicyclic) bond motifs is 1. The Morgan fingerprint density at radius 2 is 1.38 bits per heavy atom. The lowest BCUT2D eigenvalue weighted by Gasteiger charge is -2.11. The molecule has 3 aromatic rings. The standard InChI is InChI=1S/C17H12F3N/c18-17(19,20)14-6-3-7-15(11-14)21-16-9-8-12-4-1-2-5-13(12)10-16/h1-11,21H. The van der Waals surface area contributed by atoms with Gasteiger partial charge in [-0.1, -0.05) is 36.4 Å². The Morgan fingerprint density at radius 1 is 0.667 bits per heavy atom. The molecular weight excluding hydrogens is 275 g/mol. The molecule has 0 radical (unpaired) electrons. The van der Waals surface area contributed by atoms with Crippen molar-refractivity contribution in [3.05, 3.63) is 72.3 Å². The lowest BCUT2D eigenvalue weighted by molar-refractivity contribution is -0.137. The molecule has 0 aliphatic carbocycles. The Bertz CT molecular complexity index is 778. The van der Waals surface area contributed by atoms with Crippen LogP contribution in [0.5, 0.6) is 0 Å². The van der Waals surface area contributed by atoms with Crippen LogP contribution < -0.4 is 5.32 Å². The van der Waals surface area contributed by atoms with Crippen LogP contribution in [-0.2, 0) is 6.18 Å². The van der Waals surface area contributed by atoms with Crippen molar-refractivity contribution in [2.45, 2.75) is 6.18 Å². The van der Waals surface area contributed by atoms with Crippen molar-refractivity contribution in [2.75, 3.05) is 5.32 Å². The molecule has 0 saturated carbocycles. The largest absolute Gasteiger partial charge is 0.416 e. The molecule has 0 aliphatic rings. The zero-order chi connectivity index (χ0) is 14.9. The number of benzene rings is 3. The van der Waals surface area contributed by atoms with Gasteiger partial charge in [0.2, 0.25) is 0 Å². The van der Waals surface area contributed by atoms with Gasteiger partial charge in [0, 0.05) is 11.4 Å². The van der Waals surface area contributed by atoms with Crippen molar-refractivity contribution in [3.8, 4) is 0 Å². The highest BCUT2D eigenvalue weighted by Crippen LogP contribution is 2.31. The van der Waals surface area contributed by atoms with E-state index in [2.05, 4.69) is 5.32 Å². The Kier molecular flexibility index (Phi) is 3.29. The van der Waals surface area contributed by atoms with Gasteiger partial charge in [0.1, 0.15) is 0 Å². The van der Waals surface area contributed by atoms with Gasteiger partial charge >= 0.3 is 6.18 Å². The van der Waals surface area contributed by atoms with Gasteiger partial charge in [-0.05, 0) is 41.1 Å². The number of anilines is 2. The monoisotopic (exact) mass is 287 g/mol. The molecule has 3 rings (SSSR count). The quantitative estimate of drug-likeness (QED) is 0.646. The maximum atomic E-state index is 12.7. The fourth-order valence-corrected chi connectivity index (χ4v) is 2.21. The van der Waals surface area contributed by atoms with Gasteiger partial charge in [-0.2, -0.15) is 13.2 Å². The van der Waals surface area contributed by atoms with Crippen molar-refractivity contribution in [1.29, 1.82) is 0 Å². The Balaban J connectivity index is 1.91. The molecule has 106 valence electrons. The summed E-state index contributed by atoms with van der Waals surface area (Å²) in [7, 11) is 0. The molecule has 0 spiro atoms. The minimum Gasteiger partial charge on any atom is -0.355 e. The molecule has 0 saturated heterocycles. The fraction of sp³-hybridized carbons (Fsp3) is 0.0588. The molecule has 1 N–H and O–H groups in total. The first kappa shape index (κ1) is 13.5. The predicted molar refractivity (Wildman–Crippen MR) is 78.7 cm³/mol. The second-order valence-corrected chi connectivity index (χ2v) is 4.77. The topological polar surface area (TPSA) is 12.0 Å². The highest BCUT2D eigenvalue weighted by molar-refractivity contribution is 5.86. The van der Waals surface area contributed by atoms with Crippen molar-refractivity contribution in [2.24, 2.45) is 0 Å². The van der Waals surface area contributed by atoms with Gasteiger partial charge in [0.15, 0.2) is 0 Å². The summed E-state index contributed by atoms with van der Waals surface area (Å²) in [5.74, 6) is 0. The van der Waals surface area contributed by atoms with E-state index in [1.807, 2.05) is 42.5 Å². The number of halogens is 3. The average Bonchev–Trinajstić information content (AvgIpc) is 2.46. The fourth-order valence-electron chi connectivity index (χ4n) is 2.21. The summed E-state index contributed by atoms with van der Waals surface area (Å²) in [6.45, 7) is 0. The number of nitrogens with one attached hydrogen (secondary N) is 1. The number of alkyl halides is 3. The van der Waals surface area contributed by atoms with Crippen LogP contribution in [0.25, 0.3) is 10.8 Å². The van der Waals surface area contributed by atoms with E-state index in [1.165, 1.54) is 6.07 Å². The van der Waals surface area contributed by atoms with Crippen molar-refractivity contribution in [1.82, 2.24) is 0 Å². The molecule has 0 atom stereocenters. The molecule has 3 aromatic carbocycles. The smallest absolute Gasteiger partial charge is 0.355 e. The van der Waals surface area contributed by atoms with Crippen LogP contribution in [0.2, 0.25) is 0 Å². The third kappa shape index (κ3) is 2.99. The van der Waals surface area contributed by atoms with Crippen molar-refractivity contribution >= 4 is 22.1 Å². The summed E-state index contributed by atoms with van der Waals surface area (Å²) in [4.78, 5) is 0. The first-order valence-electron chi connectivity index (χ1n) is 6.45. The number of rotatable bonds is 2. The summed E-state index contributed by atoms with van der Waals surface area (Å²) in [6, 6.07) is 18.7. The van der Waals surface area contributed by atoms with Gasteiger partial charge in [0.05, 0.1) is 5.56 Å². The summed E-state index contributed by atoms with van der Waals surface area (Å²) in [6.07, 6.45) is -4.33. The zero-order valence-corrected chi connectivity index (χ0v) is 11.0. The van der Waals surface area contributed by atoms with Gasteiger partial charge in [-0.3, -0.25) is 0 Å². The summed E-state index contributed by atoms with van der Waals surface area (Å²) >= 11 is 0. The van der Waals surface area contributed by atoms with E-state index in [1.54, 1.807) is 6.07 Å². The Labute approximate surface area is 120 Å². The van der Waals surface area contributed by atoms with Crippen LogP contribution in [0.4, 0.5) is 24.5 Å². The predicted octanol–water partition coefficient (Wildman–Crippen LogP) is 5.60. The summed E-state index contributed by atoms with van der Waals surface area (Å²) in [5, 5.41) is 5.13. The molecule has 0 aromatic heterocycles. The molecule has 0 bridgehead atoms. The van der Waals surface area contributed by atoms with Crippen LogP contribution in [0.3, 0.4) is 0 Å². The minimum atomic E-state index is -4.33.